The number of likely N-dealkylation sites (N-methyl/N-ethyl adjacent to an activating group) is 1. The van der Waals surface area contributed by atoms with E-state index in [0.29, 0.717) is 5.92 Å². The van der Waals surface area contributed by atoms with Gasteiger partial charge in [-0.1, -0.05) is 36.8 Å². The number of hydrogen-bond donors (Lipinski definition) is 2. The lowest BCUT2D eigenvalue weighted by atomic mass is 9.78. The predicted molar refractivity (Wildman–Crippen MR) is 96.8 cm³/mol. The fourth-order valence-electron chi connectivity index (χ4n) is 4.09. The molecule has 2 heterocycles. The van der Waals surface area contributed by atoms with Crippen LogP contribution in [0.1, 0.15) is 37.4 Å². The van der Waals surface area contributed by atoms with Crippen molar-refractivity contribution in [3.8, 4) is 0 Å². The molecule has 1 fully saturated rings. The molecule has 3 nitrogen and oxygen atoms in total. The number of benzene rings is 1. The number of allylic oxidation sites excluding steroid dienone is 1. The maximum atomic E-state index is 10.2. The molecule has 0 aliphatic carbocycles. The lowest BCUT2D eigenvalue weighted by Crippen LogP contribution is -2.38. The Labute approximate surface area is 139 Å². The first-order chi connectivity index (χ1) is 11.2. The number of likely N-dealkylation sites (tertiary alicyclic amines) is 1. The highest BCUT2D eigenvalue weighted by Gasteiger charge is 2.32. The third-order valence-corrected chi connectivity index (χ3v) is 5.51. The van der Waals surface area contributed by atoms with Crippen LogP contribution in [-0.2, 0) is 0 Å². The van der Waals surface area contributed by atoms with Crippen LogP contribution in [0.3, 0.4) is 0 Å². The maximum Gasteiger partial charge on any atom is 0.0519 e. The largest absolute Gasteiger partial charge is 0.396 e. The SMILES string of the molecule is C/C=C1/CN(CC)CCC1C(CO)c1[nH]c2ccccc2c1C. The maximum absolute atomic E-state index is 10.2. The number of fused-ring (bicyclic) bond motifs is 1. The minimum absolute atomic E-state index is 0.160. The number of nitrogens with zero attached hydrogens (tertiary/aromatic N) is 1. The van der Waals surface area contributed by atoms with Gasteiger partial charge in [0.1, 0.15) is 0 Å². The van der Waals surface area contributed by atoms with Gasteiger partial charge in [-0.2, -0.15) is 0 Å². The van der Waals surface area contributed by atoms with Gasteiger partial charge in [-0.25, -0.2) is 0 Å². The van der Waals surface area contributed by atoms with E-state index in [1.54, 1.807) is 0 Å². The van der Waals surface area contributed by atoms with E-state index in [1.165, 1.54) is 27.7 Å². The van der Waals surface area contributed by atoms with Crippen molar-refractivity contribution >= 4 is 10.9 Å². The van der Waals surface area contributed by atoms with Gasteiger partial charge in [0, 0.05) is 29.1 Å². The molecule has 1 aromatic carbocycles. The standard InChI is InChI=1S/C20H28N2O/c1-4-15-12-22(5-2)11-10-17(15)18(13-23)20-14(3)16-8-6-7-9-19(16)21-20/h4,6-9,17-18,21,23H,5,10-13H2,1-3H3/b15-4-. The number of nitrogens with one attached hydrogen (secondary N) is 1. The summed E-state index contributed by atoms with van der Waals surface area (Å²) in [6.45, 7) is 9.98. The summed E-state index contributed by atoms with van der Waals surface area (Å²) < 4.78 is 0. The van der Waals surface area contributed by atoms with Crippen molar-refractivity contribution in [3.05, 3.63) is 47.2 Å². The van der Waals surface area contributed by atoms with Gasteiger partial charge in [0.2, 0.25) is 0 Å². The van der Waals surface area contributed by atoms with Gasteiger partial charge in [-0.3, -0.25) is 4.90 Å². The molecule has 23 heavy (non-hydrogen) atoms. The van der Waals surface area contributed by atoms with E-state index in [0.717, 1.165) is 26.1 Å². The highest BCUT2D eigenvalue weighted by Crippen LogP contribution is 2.38. The molecule has 2 unspecified atom stereocenters. The highest BCUT2D eigenvalue weighted by atomic mass is 16.3. The second-order valence-electron chi connectivity index (χ2n) is 6.63. The summed E-state index contributed by atoms with van der Waals surface area (Å²) in [5.74, 6) is 0.590. The fourth-order valence-corrected chi connectivity index (χ4v) is 4.09. The molecule has 1 aliphatic heterocycles. The zero-order valence-corrected chi connectivity index (χ0v) is 14.5. The summed E-state index contributed by atoms with van der Waals surface area (Å²) in [4.78, 5) is 6.07. The summed E-state index contributed by atoms with van der Waals surface area (Å²) in [5, 5.41) is 11.4. The molecule has 0 spiro atoms. The molecule has 3 rings (SSSR count). The van der Waals surface area contributed by atoms with Gasteiger partial charge in [-0.15, -0.1) is 0 Å². The number of aromatic nitrogens is 1. The number of aromatic amines is 1. The molecule has 0 radical (unpaired) electrons. The van der Waals surface area contributed by atoms with E-state index in [-0.39, 0.29) is 12.5 Å². The van der Waals surface area contributed by atoms with Crippen LogP contribution in [0.4, 0.5) is 0 Å². The smallest absolute Gasteiger partial charge is 0.0519 e. The first-order valence-electron chi connectivity index (χ1n) is 8.75. The van der Waals surface area contributed by atoms with E-state index in [9.17, 15) is 5.11 Å². The number of piperidine rings is 1. The number of aliphatic hydroxyl groups excluding tert-OH is 1. The lowest BCUT2D eigenvalue weighted by Gasteiger charge is -2.37. The molecular formula is C20H28N2O. The molecule has 124 valence electrons. The van der Waals surface area contributed by atoms with Crippen molar-refractivity contribution in [2.24, 2.45) is 5.92 Å². The summed E-state index contributed by atoms with van der Waals surface area (Å²) >= 11 is 0. The van der Waals surface area contributed by atoms with Gasteiger partial charge in [0.25, 0.3) is 0 Å². The van der Waals surface area contributed by atoms with Crippen LogP contribution in [-0.4, -0.2) is 41.2 Å². The molecule has 2 N–H and O–H groups in total. The zero-order chi connectivity index (χ0) is 16.4. The second-order valence-corrected chi connectivity index (χ2v) is 6.63. The number of H-pyrrole nitrogens is 1. The number of para-hydroxylation sites is 1. The molecule has 2 atom stereocenters. The zero-order valence-electron chi connectivity index (χ0n) is 14.5. The first kappa shape index (κ1) is 16.3. The predicted octanol–water partition coefficient (Wildman–Crippen LogP) is 3.84. The van der Waals surface area contributed by atoms with E-state index in [1.807, 2.05) is 0 Å². The Balaban J connectivity index is 1.96. The van der Waals surface area contributed by atoms with Crippen molar-refractivity contribution in [3.63, 3.8) is 0 Å². The van der Waals surface area contributed by atoms with Crippen LogP contribution in [0.15, 0.2) is 35.9 Å². The Bertz CT molecular complexity index is 701. The van der Waals surface area contributed by atoms with Crippen molar-refractivity contribution < 1.29 is 5.11 Å². The summed E-state index contributed by atoms with van der Waals surface area (Å²) in [5.41, 5.74) is 5.14. The van der Waals surface area contributed by atoms with Crippen molar-refractivity contribution in [1.82, 2.24) is 9.88 Å². The van der Waals surface area contributed by atoms with E-state index >= 15 is 0 Å². The first-order valence-corrected chi connectivity index (χ1v) is 8.75. The summed E-state index contributed by atoms with van der Waals surface area (Å²) in [7, 11) is 0. The Hall–Kier alpha value is -1.58. The van der Waals surface area contributed by atoms with E-state index in [4.69, 9.17) is 0 Å². The van der Waals surface area contributed by atoms with Gasteiger partial charge in [-0.05, 0) is 50.9 Å². The second kappa shape index (κ2) is 6.90. The third kappa shape index (κ3) is 2.96. The van der Waals surface area contributed by atoms with E-state index in [2.05, 4.69) is 61.0 Å². The Morgan fingerprint density at radius 2 is 2.17 bits per heavy atom. The lowest BCUT2D eigenvalue weighted by molar-refractivity contribution is 0.183. The van der Waals surface area contributed by atoms with Crippen LogP contribution in [0.5, 0.6) is 0 Å². The topological polar surface area (TPSA) is 39.3 Å². The minimum atomic E-state index is 0.160. The van der Waals surface area contributed by atoms with Crippen LogP contribution < -0.4 is 0 Å². The summed E-state index contributed by atoms with van der Waals surface area (Å²) in [6, 6.07) is 8.43. The molecule has 2 aromatic rings. The highest BCUT2D eigenvalue weighted by molar-refractivity contribution is 5.84. The average molecular weight is 312 g/mol. The quantitative estimate of drug-likeness (QED) is 0.842. The molecule has 3 heteroatoms. The van der Waals surface area contributed by atoms with Gasteiger partial charge in [0.15, 0.2) is 0 Å². The Morgan fingerprint density at radius 3 is 2.83 bits per heavy atom. The molecule has 1 aliphatic rings. The van der Waals surface area contributed by atoms with E-state index < -0.39 is 0 Å². The number of rotatable bonds is 4. The monoisotopic (exact) mass is 312 g/mol. The minimum Gasteiger partial charge on any atom is -0.396 e. The van der Waals surface area contributed by atoms with Gasteiger partial charge >= 0.3 is 0 Å². The van der Waals surface area contributed by atoms with Gasteiger partial charge < -0.3 is 10.1 Å². The van der Waals surface area contributed by atoms with Crippen molar-refractivity contribution in [1.29, 1.82) is 0 Å². The summed E-state index contributed by atoms with van der Waals surface area (Å²) in [6.07, 6.45) is 3.38. The van der Waals surface area contributed by atoms with Crippen molar-refractivity contribution in [2.75, 3.05) is 26.2 Å². The van der Waals surface area contributed by atoms with Gasteiger partial charge in [0.05, 0.1) is 6.61 Å². The molecule has 0 bridgehead atoms. The van der Waals surface area contributed by atoms with Crippen LogP contribution in [0, 0.1) is 12.8 Å². The normalized spacial score (nSPS) is 22.8. The molecular weight excluding hydrogens is 284 g/mol. The molecule has 1 aromatic heterocycles. The average Bonchev–Trinajstić information content (AvgIpc) is 2.93. The van der Waals surface area contributed by atoms with Crippen molar-refractivity contribution in [2.45, 2.75) is 33.1 Å². The fraction of sp³-hybridized carbons (Fsp3) is 0.500. The van der Waals surface area contributed by atoms with Crippen LogP contribution in [0.25, 0.3) is 10.9 Å². The van der Waals surface area contributed by atoms with Crippen LogP contribution >= 0.6 is 0 Å². The molecule has 1 saturated heterocycles. The Kier molecular flexibility index (Phi) is 4.88. The number of aliphatic hydroxyl groups is 1. The Morgan fingerprint density at radius 1 is 1.39 bits per heavy atom. The molecule has 0 amide bonds. The number of hydrogen-bond acceptors (Lipinski definition) is 2. The third-order valence-electron chi connectivity index (χ3n) is 5.51. The molecule has 0 saturated carbocycles. The number of aryl methyl sites for hydroxylation is 1. The van der Waals surface area contributed by atoms with Crippen LogP contribution in [0.2, 0.25) is 0 Å².